The molecule has 2 amide bonds. The number of carbonyl (C=O) groups excluding carboxylic acids is 2. The first-order chi connectivity index (χ1) is 16.9. The van der Waals surface area contributed by atoms with Gasteiger partial charge in [-0.3, -0.25) is 9.59 Å². The summed E-state index contributed by atoms with van der Waals surface area (Å²) in [6, 6.07) is 8.38. The topological polar surface area (TPSA) is 103 Å². The van der Waals surface area contributed by atoms with Crippen molar-refractivity contribution in [3.8, 4) is 5.75 Å². The fourth-order valence-electron chi connectivity index (χ4n) is 5.00. The van der Waals surface area contributed by atoms with Gasteiger partial charge in [-0.1, -0.05) is 12.1 Å². The molecule has 2 N–H and O–H groups in total. The van der Waals surface area contributed by atoms with Crippen LogP contribution >= 0.6 is 0 Å². The van der Waals surface area contributed by atoms with E-state index in [1.54, 1.807) is 4.52 Å². The van der Waals surface area contributed by atoms with Gasteiger partial charge in [0, 0.05) is 30.9 Å². The molecule has 1 aliphatic heterocycles. The van der Waals surface area contributed by atoms with Crippen molar-refractivity contribution in [2.75, 3.05) is 19.7 Å². The summed E-state index contributed by atoms with van der Waals surface area (Å²) in [6.45, 7) is 8.17. The van der Waals surface area contributed by atoms with Gasteiger partial charge in [0.1, 0.15) is 11.3 Å². The van der Waals surface area contributed by atoms with Gasteiger partial charge < -0.3 is 15.4 Å². The molecule has 35 heavy (non-hydrogen) atoms. The number of hydrogen-bond acceptors (Lipinski definition) is 5. The van der Waals surface area contributed by atoms with Crippen LogP contribution in [0.4, 0.5) is 0 Å². The predicted octanol–water partition coefficient (Wildman–Crippen LogP) is 3.65. The van der Waals surface area contributed by atoms with Gasteiger partial charge in [-0.2, -0.15) is 5.10 Å². The van der Waals surface area contributed by atoms with Gasteiger partial charge in [0.15, 0.2) is 5.65 Å². The number of primary amides is 1. The normalized spacial score (nSPS) is 14.4. The number of likely N-dealkylation sites (tertiary alicyclic amines) is 1. The Morgan fingerprint density at radius 3 is 2.49 bits per heavy atom. The van der Waals surface area contributed by atoms with Crippen molar-refractivity contribution in [3.63, 3.8) is 0 Å². The maximum Gasteiger partial charge on any atom is 0.254 e. The summed E-state index contributed by atoms with van der Waals surface area (Å²) < 4.78 is 7.16. The molecule has 3 heterocycles. The molecule has 2 aromatic heterocycles. The van der Waals surface area contributed by atoms with Gasteiger partial charge in [0.2, 0.25) is 5.91 Å². The third kappa shape index (κ3) is 5.63. The molecule has 4 rings (SSSR count). The minimum Gasteiger partial charge on any atom is -0.494 e. The van der Waals surface area contributed by atoms with Crippen molar-refractivity contribution >= 4 is 17.5 Å². The maximum atomic E-state index is 12.9. The number of nitrogens with two attached hydrogens (primary N) is 1. The lowest BCUT2D eigenvalue weighted by atomic mass is 9.90. The van der Waals surface area contributed by atoms with Crippen molar-refractivity contribution in [2.24, 2.45) is 11.7 Å². The number of ether oxygens (including phenoxy) is 1. The Morgan fingerprint density at radius 1 is 1.11 bits per heavy atom. The summed E-state index contributed by atoms with van der Waals surface area (Å²) in [4.78, 5) is 31.1. The fraction of sp³-hybridized carbons (Fsp3) is 0.481. The summed E-state index contributed by atoms with van der Waals surface area (Å²) >= 11 is 0. The third-order valence-corrected chi connectivity index (χ3v) is 7.11. The molecule has 0 spiro atoms. The number of hydrogen-bond donors (Lipinski definition) is 1. The van der Waals surface area contributed by atoms with Crippen LogP contribution < -0.4 is 10.5 Å². The molecule has 0 saturated carbocycles. The lowest BCUT2D eigenvalue weighted by Crippen LogP contribution is -2.38. The molecule has 1 aromatic carbocycles. The number of aryl methyl sites for hydroxylation is 3. The van der Waals surface area contributed by atoms with Gasteiger partial charge in [-0.05, 0) is 82.1 Å². The third-order valence-electron chi connectivity index (χ3n) is 7.11. The SMILES string of the molecule is CCOc1ccc(CCC2CCN(C(=O)CCc3c(C)nc4c(C(N)=O)cnn4c3C)CC2)cc1. The molecule has 1 fully saturated rings. The molecule has 0 unspecified atom stereocenters. The zero-order valence-electron chi connectivity index (χ0n) is 20.9. The average Bonchev–Trinajstić information content (AvgIpc) is 3.28. The van der Waals surface area contributed by atoms with Gasteiger partial charge in [0.25, 0.3) is 5.91 Å². The summed E-state index contributed by atoms with van der Waals surface area (Å²) in [5.74, 6) is 1.22. The van der Waals surface area contributed by atoms with Crippen LogP contribution in [0.5, 0.6) is 5.75 Å². The van der Waals surface area contributed by atoms with E-state index < -0.39 is 5.91 Å². The summed E-state index contributed by atoms with van der Waals surface area (Å²) in [6.07, 6.45) is 6.81. The Morgan fingerprint density at radius 2 is 1.83 bits per heavy atom. The van der Waals surface area contributed by atoms with E-state index in [1.165, 1.54) is 11.8 Å². The zero-order chi connectivity index (χ0) is 24.9. The molecule has 3 aromatic rings. The number of amides is 2. The van der Waals surface area contributed by atoms with Gasteiger partial charge >= 0.3 is 0 Å². The van der Waals surface area contributed by atoms with Crippen LogP contribution in [0.15, 0.2) is 30.5 Å². The van der Waals surface area contributed by atoms with Gasteiger partial charge in [-0.15, -0.1) is 0 Å². The molecule has 8 nitrogen and oxygen atoms in total. The van der Waals surface area contributed by atoms with E-state index in [2.05, 4.69) is 22.2 Å². The molecular formula is C27H35N5O3. The molecule has 0 atom stereocenters. The van der Waals surface area contributed by atoms with Crippen LogP contribution in [0.1, 0.15) is 65.5 Å². The quantitative estimate of drug-likeness (QED) is 0.507. The van der Waals surface area contributed by atoms with Gasteiger partial charge in [-0.25, -0.2) is 9.50 Å². The summed E-state index contributed by atoms with van der Waals surface area (Å²) in [5, 5.41) is 4.27. The van der Waals surface area contributed by atoms with Crippen LogP contribution in [-0.4, -0.2) is 51.0 Å². The molecule has 186 valence electrons. The van der Waals surface area contributed by atoms with Gasteiger partial charge in [0.05, 0.1) is 12.8 Å². The molecule has 0 aliphatic carbocycles. The highest BCUT2D eigenvalue weighted by atomic mass is 16.5. The second-order valence-electron chi connectivity index (χ2n) is 9.36. The molecular weight excluding hydrogens is 442 g/mol. The number of nitrogens with zero attached hydrogens (tertiary/aromatic N) is 4. The molecule has 0 radical (unpaired) electrons. The zero-order valence-corrected chi connectivity index (χ0v) is 20.9. The summed E-state index contributed by atoms with van der Waals surface area (Å²) in [7, 11) is 0. The second kappa shape index (κ2) is 10.9. The average molecular weight is 478 g/mol. The Hall–Kier alpha value is -3.42. The maximum absolute atomic E-state index is 12.9. The Kier molecular flexibility index (Phi) is 7.68. The van der Waals surface area contributed by atoms with Crippen LogP contribution in [-0.2, 0) is 17.6 Å². The van der Waals surface area contributed by atoms with E-state index in [0.29, 0.717) is 36.6 Å². The van der Waals surface area contributed by atoms with Crippen molar-refractivity contribution in [3.05, 3.63) is 58.5 Å². The van der Waals surface area contributed by atoms with E-state index in [9.17, 15) is 9.59 Å². The van der Waals surface area contributed by atoms with Crippen LogP contribution in [0.2, 0.25) is 0 Å². The minimum absolute atomic E-state index is 0.187. The Bertz CT molecular complexity index is 1190. The highest BCUT2D eigenvalue weighted by Gasteiger charge is 2.23. The monoisotopic (exact) mass is 477 g/mol. The first kappa shape index (κ1) is 24.7. The lowest BCUT2D eigenvalue weighted by Gasteiger charge is -2.32. The summed E-state index contributed by atoms with van der Waals surface area (Å²) in [5.41, 5.74) is 10.2. The van der Waals surface area contributed by atoms with E-state index in [1.807, 2.05) is 37.8 Å². The highest BCUT2D eigenvalue weighted by molar-refractivity contribution is 5.98. The number of fused-ring (bicyclic) bond motifs is 1. The van der Waals surface area contributed by atoms with Crippen molar-refractivity contribution in [1.29, 1.82) is 0 Å². The molecule has 8 heteroatoms. The first-order valence-corrected chi connectivity index (χ1v) is 12.5. The Balaban J connectivity index is 1.27. The van der Waals surface area contributed by atoms with Crippen LogP contribution in [0.3, 0.4) is 0 Å². The number of aromatic nitrogens is 3. The fourth-order valence-corrected chi connectivity index (χ4v) is 5.00. The van der Waals surface area contributed by atoms with E-state index in [4.69, 9.17) is 10.5 Å². The number of carbonyl (C=O) groups is 2. The number of rotatable bonds is 9. The number of piperidine rings is 1. The van der Waals surface area contributed by atoms with Crippen LogP contribution in [0.25, 0.3) is 5.65 Å². The first-order valence-electron chi connectivity index (χ1n) is 12.5. The Labute approximate surface area is 206 Å². The van der Waals surface area contributed by atoms with Crippen molar-refractivity contribution in [2.45, 2.75) is 59.3 Å². The molecule has 1 aliphatic rings. The molecule has 1 saturated heterocycles. The second-order valence-corrected chi connectivity index (χ2v) is 9.36. The predicted molar refractivity (Wildman–Crippen MR) is 135 cm³/mol. The van der Waals surface area contributed by atoms with Crippen LogP contribution in [0, 0.1) is 19.8 Å². The molecule has 0 bridgehead atoms. The smallest absolute Gasteiger partial charge is 0.254 e. The van der Waals surface area contributed by atoms with E-state index in [0.717, 1.165) is 61.5 Å². The standard InChI is InChI=1S/C27H35N5O3/c1-4-35-22-9-7-20(8-10-22)5-6-21-13-15-31(16-14-21)25(33)12-11-23-18(2)30-27-24(26(28)34)17-29-32(27)19(23)3/h7-10,17,21H,4-6,11-16H2,1-3H3,(H2,28,34). The number of benzene rings is 1. The van der Waals surface area contributed by atoms with Crippen molar-refractivity contribution < 1.29 is 14.3 Å². The minimum atomic E-state index is -0.544. The van der Waals surface area contributed by atoms with E-state index in [-0.39, 0.29) is 5.91 Å². The van der Waals surface area contributed by atoms with E-state index >= 15 is 0 Å². The largest absolute Gasteiger partial charge is 0.494 e. The highest BCUT2D eigenvalue weighted by Crippen LogP contribution is 2.25. The lowest BCUT2D eigenvalue weighted by molar-refractivity contribution is -0.132. The van der Waals surface area contributed by atoms with Crippen molar-refractivity contribution in [1.82, 2.24) is 19.5 Å².